The van der Waals surface area contributed by atoms with Gasteiger partial charge < -0.3 is 19.4 Å². The van der Waals surface area contributed by atoms with Gasteiger partial charge in [0.05, 0.1) is 25.7 Å². The number of amides is 2. The van der Waals surface area contributed by atoms with E-state index >= 15 is 0 Å². The number of methoxy groups -OCH3 is 1. The maximum absolute atomic E-state index is 11.7. The third-order valence-electron chi connectivity index (χ3n) is 2.13. The van der Waals surface area contributed by atoms with Crippen LogP contribution < -0.4 is 5.32 Å². The van der Waals surface area contributed by atoms with Crippen molar-refractivity contribution in [1.82, 2.24) is 10.2 Å². The maximum atomic E-state index is 11.7. The Kier molecular flexibility index (Phi) is 5.42. The van der Waals surface area contributed by atoms with Crippen molar-refractivity contribution in [3.05, 3.63) is 24.2 Å². The van der Waals surface area contributed by atoms with Gasteiger partial charge in [0.2, 0.25) is 0 Å². The number of urea groups is 1. The third-order valence-corrected chi connectivity index (χ3v) is 2.13. The predicted octanol–water partition coefficient (Wildman–Crippen LogP) is 1.46. The highest BCUT2D eigenvalue weighted by molar-refractivity contribution is 5.74. The minimum Gasteiger partial charge on any atom is -0.472 e. The van der Waals surface area contributed by atoms with Crippen molar-refractivity contribution >= 4 is 6.03 Å². The molecule has 0 spiro atoms. The number of furan rings is 1. The van der Waals surface area contributed by atoms with Crippen LogP contribution in [0.1, 0.15) is 12.5 Å². The van der Waals surface area contributed by atoms with Gasteiger partial charge >= 0.3 is 6.03 Å². The Balaban J connectivity index is 2.52. The summed E-state index contributed by atoms with van der Waals surface area (Å²) in [5.41, 5.74) is 0.974. The summed E-state index contributed by atoms with van der Waals surface area (Å²) in [6.45, 7) is 4.13. The number of rotatable bonds is 6. The molecule has 0 aliphatic rings. The van der Waals surface area contributed by atoms with Gasteiger partial charge in [0.1, 0.15) is 0 Å². The van der Waals surface area contributed by atoms with Crippen LogP contribution in [0.4, 0.5) is 4.79 Å². The Morgan fingerprint density at radius 2 is 2.44 bits per heavy atom. The first-order valence-corrected chi connectivity index (χ1v) is 5.30. The van der Waals surface area contributed by atoms with Gasteiger partial charge in [0.15, 0.2) is 0 Å². The molecule has 5 nitrogen and oxygen atoms in total. The van der Waals surface area contributed by atoms with E-state index in [0.717, 1.165) is 5.56 Å². The van der Waals surface area contributed by atoms with Crippen molar-refractivity contribution in [3.63, 3.8) is 0 Å². The molecule has 0 saturated carbocycles. The van der Waals surface area contributed by atoms with Gasteiger partial charge in [0.25, 0.3) is 0 Å². The molecular formula is C11H18N2O3. The Labute approximate surface area is 95.4 Å². The van der Waals surface area contributed by atoms with Crippen molar-refractivity contribution in [1.29, 1.82) is 0 Å². The van der Waals surface area contributed by atoms with Gasteiger partial charge in [-0.05, 0) is 13.0 Å². The molecular weight excluding hydrogens is 208 g/mol. The second-order valence-corrected chi connectivity index (χ2v) is 3.38. The lowest BCUT2D eigenvalue weighted by molar-refractivity contribution is 0.146. The van der Waals surface area contributed by atoms with E-state index in [1.165, 1.54) is 0 Å². The molecule has 1 heterocycles. The van der Waals surface area contributed by atoms with E-state index in [9.17, 15) is 4.79 Å². The van der Waals surface area contributed by atoms with Crippen molar-refractivity contribution < 1.29 is 13.9 Å². The van der Waals surface area contributed by atoms with Gasteiger partial charge in [-0.15, -0.1) is 0 Å². The fraction of sp³-hybridized carbons (Fsp3) is 0.545. The number of nitrogens with one attached hydrogen (secondary N) is 1. The van der Waals surface area contributed by atoms with Crippen LogP contribution in [0.3, 0.4) is 0 Å². The standard InChI is InChI=1S/C11H18N2O3/c1-3-12-11(14)13(5-7-15-2)8-10-4-6-16-9-10/h4,6,9H,3,5,7-8H2,1-2H3,(H,12,14). The average Bonchev–Trinajstić information content (AvgIpc) is 2.77. The predicted molar refractivity (Wildman–Crippen MR) is 60.1 cm³/mol. The van der Waals surface area contributed by atoms with E-state index in [-0.39, 0.29) is 6.03 Å². The molecule has 0 atom stereocenters. The molecule has 0 saturated heterocycles. The molecule has 0 fully saturated rings. The molecule has 2 amide bonds. The smallest absolute Gasteiger partial charge is 0.317 e. The Hall–Kier alpha value is -1.49. The first-order valence-electron chi connectivity index (χ1n) is 5.30. The van der Waals surface area contributed by atoms with Crippen LogP contribution in [-0.4, -0.2) is 37.7 Å². The molecule has 0 unspecified atom stereocenters. The molecule has 0 aromatic carbocycles. The molecule has 0 aliphatic carbocycles. The molecule has 0 radical (unpaired) electrons. The Morgan fingerprint density at radius 1 is 1.62 bits per heavy atom. The summed E-state index contributed by atoms with van der Waals surface area (Å²) >= 11 is 0. The number of carbonyl (C=O) groups is 1. The number of hydrogen-bond acceptors (Lipinski definition) is 3. The van der Waals surface area contributed by atoms with Crippen LogP contribution >= 0.6 is 0 Å². The zero-order chi connectivity index (χ0) is 11.8. The topological polar surface area (TPSA) is 54.7 Å². The normalized spacial score (nSPS) is 10.1. The minimum absolute atomic E-state index is 0.0826. The molecule has 1 N–H and O–H groups in total. The van der Waals surface area contributed by atoms with Crippen molar-refractivity contribution in [2.45, 2.75) is 13.5 Å². The molecule has 1 aromatic heterocycles. The van der Waals surface area contributed by atoms with E-state index in [1.54, 1.807) is 24.5 Å². The molecule has 1 aromatic rings. The van der Waals surface area contributed by atoms with Crippen LogP contribution in [0, 0.1) is 0 Å². The van der Waals surface area contributed by atoms with E-state index in [1.807, 2.05) is 13.0 Å². The van der Waals surface area contributed by atoms with Gasteiger partial charge in [0, 0.05) is 25.8 Å². The highest BCUT2D eigenvalue weighted by Gasteiger charge is 2.12. The Bertz CT molecular complexity index is 298. The summed E-state index contributed by atoms with van der Waals surface area (Å²) in [4.78, 5) is 13.4. The lowest BCUT2D eigenvalue weighted by Gasteiger charge is -2.21. The summed E-state index contributed by atoms with van der Waals surface area (Å²) in [5, 5.41) is 2.77. The van der Waals surface area contributed by atoms with Crippen molar-refractivity contribution in [2.24, 2.45) is 0 Å². The maximum Gasteiger partial charge on any atom is 0.317 e. The summed E-state index contributed by atoms with van der Waals surface area (Å²) in [6, 6.07) is 1.76. The number of ether oxygens (including phenoxy) is 1. The zero-order valence-electron chi connectivity index (χ0n) is 9.73. The van der Waals surface area contributed by atoms with E-state index in [2.05, 4.69) is 5.32 Å². The van der Waals surface area contributed by atoms with Gasteiger partial charge in [-0.2, -0.15) is 0 Å². The SMILES string of the molecule is CCNC(=O)N(CCOC)Cc1ccoc1. The second kappa shape index (κ2) is 6.90. The minimum atomic E-state index is -0.0826. The summed E-state index contributed by atoms with van der Waals surface area (Å²) in [6.07, 6.45) is 3.24. The van der Waals surface area contributed by atoms with Crippen molar-refractivity contribution in [2.75, 3.05) is 26.8 Å². The molecule has 0 aliphatic heterocycles. The zero-order valence-corrected chi connectivity index (χ0v) is 9.73. The van der Waals surface area contributed by atoms with Crippen LogP contribution in [0.2, 0.25) is 0 Å². The molecule has 5 heteroatoms. The molecule has 0 bridgehead atoms. The number of nitrogens with zero attached hydrogens (tertiary/aromatic N) is 1. The van der Waals surface area contributed by atoms with Crippen LogP contribution in [-0.2, 0) is 11.3 Å². The first kappa shape index (κ1) is 12.6. The van der Waals surface area contributed by atoms with Crippen LogP contribution in [0.15, 0.2) is 23.0 Å². The highest BCUT2D eigenvalue weighted by atomic mass is 16.5. The number of carbonyl (C=O) groups excluding carboxylic acids is 1. The van der Waals surface area contributed by atoms with Gasteiger partial charge in [-0.25, -0.2) is 4.79 Å². The second-order valence-electron chi connectivity index (χ2n) is 3.38. The molecule has 1 rings (SSSR count). The highest BCUT2D eigenvalue weighted by Crippen LogP contribution is 2.05. The third kappa shape index (κ3) is 3.94. The fourth-order valence-corrected chi connectivity index (χ4v) is 1.32. The molecule has 90 valence electrons. The summed E-state index contributed by atoms with van der Waals surface area (Å²) in [7, 11) is 1.62. The molecule has 16 heavy (non-hydrogen) atoms. The number of hydrogen-bond donors (Lipinski definition) is 1. The monoisotopic (exact) mass is 226 g/mol. The van der Waals surface area contributed by atoms with E-state index in [0.29, 0.717) is 26.2 Å². The van der Waals surface area contributed by atoms with Crippen LogP contribution in [0.25, 0.3) is 0 Å². The fourth-order valence-electron chi connectivity index (χ4n) is 1.32. The summed E-state index contributed by atoms with van der Waals surface area (Å²) < 4.78 is 9.94. The van der Waals surface area contributed by atoms with Gasteiger partial charge in [-0.3, -0.25) is 0 Å². The lowest BCUT2D eigenvalue weighted by atomic mass is 10.3. The van der Waals surface area contributed by atoms with E-state index in [4.69, 9.17) is 9.15 Å². The van der Waals surface area contributed by atoms with Gasteiger partial charge in [-0.1, -0.05) is 0 Å². The van der Waals surface area contributed by atoms with Crippen LogP contribution in [0.5, 0.6) is 0 Å². The summed E-state index contributed by atoms with van der Waals surface area (Å²) in [5.74, 6) is 0. The quantitative estimate of drug-likeness (QED) is 0.799. The van der Waals surface area contributed by atoms with E-state index < -0.39 is 0 Å². The average molecular weight is 226 g/mol. The Morgan fingerprint density at radius 3 is 3.00 bits per heavy atom. The lowest BCUT2D eigenvalue weighted by Crippen LogP contribution is -2.41. The largest absolute Gasteiger partial charge is 0.472 e. The first-order chi connectivity index (χ1) is 7.77. The van der Waals surface area contributed by atoms with Crippen molar-refractivity contribution in [3.8, 4) is 0 Å².